The molecule has 0 radical (unpaired) electrons. The van der Waals surface area contributed by atoms with Crippen LogP contribution in [0, 0.1) is 12.7 Å². The van der Waals surface area contributed by atoms with Gasteiger partial charge in [0.15, 0.2) is 5.82 Å². The maximum atomic E-state index is 12.9. The van der Waals surface area contributed by atoms with Crippen LogP contribution in [0.1, 0.15) is 5.56 Å². The molecule has 1 heterocycles. The van der Waals surface area contributed by atoms with Gasteiger partial charge in [-0.05, 0) is 30.7 Å². The monoisotopic (exact) mass is 193 g/mol. The van der Waals surface area contributed by atoms with Crippen LogP contribution in [0.4, 0.5) is 4.39 Å². The second-order valence-corrected chi connectivity index (χ2v) is 2.99. The number of benzene rings is 1. The van der Waals surface area contributed by atoms with E-state index in [1.165, 1.54) is 6.07 Å². The summed E-state index contributed by atoms with van der Waals surface area (Å²) in [4.78, 5) is 13.3. The molecule has 2 N–H and O–H groups in total. The smallest absolute Gasteiger partial charge is 0.289 e. The predicted molar refractivity (Wildman–Crippen MR) is 49.3 cm³/mol. The number of nitrogens with one attached hydrogen (secondary N) is 2. The molecule has 0 amide bonds. The number of halogens is 1. The van der Waals surface area contributed by atoms with E-state index >= 15 is 0 Å². The van der Waals surface area contributed by atoms with Crippen LogP contribution >= 0.6 is 0 Å². The van der Waals surface area contributed by atoms with Crippen LogP contribution in [0.5, 0.6) is 0 Å². The Kier molecular flexibility index (Phi) is 1.92. The zero-order chi connectivity index (χ0) is 10.1. The molecule has 0 fully saturated rings. The number of aromatic nitrogens is 3. The van der Waals surface area contributed by atoms with Crippen molar-refractivity contribution < 1.29 is 4.39 Å². The molecule has 2 aromatic rings. The normalized spacial score (nSPS) is 10.4. The Morgan fingerprint density at radius 2 is 2.21 bits per heavy atom. The molecule has 5 heteroatoms. The summed E-state index contributed by atoms with van der Waals surface area (Å²) >= 11 is 0. The van der Waals surface area contributed by atoms with Gasteiger partial charge in [-0.15, -0.1) is 0 Å². The molecule has 72 valence electrons. The Morgan fingerprint density at radius 3 is 2.79 bits per heavy atom. The van der Waals surface area contributed by atoms with Crippen LogP contribution in [0.15, 0.2) is 23.0 Å². The van der Waals surface area contributed by atoms with E-state index in [2.05, 4.69) is 15.2 Å². The van der Waals surface area contributed by atoms with Crippen molar-refractivity contribution in [3.8, 4) is 11.4 Å². The predicted octanol–water partition coefficient (Wildman–Crippen LogP) is 1.21. The van der Waals surface area contributed by atoms with E-state index in [4.69, 9.17) is 0 Å². The van der Waals surface area contributed by atoms with E-state index in [0.29, 0.717) is 17.0 Å². The number of H-pyrrole nitrogens is 2. The average molecular weight is 193 g/mol. The summed E-state index contributed by atoms with van der Waals surface area (Å²) in [6.07, 6.45) is 0. The zero-order valence-electron chi connectivity index (χ0n) is 7.47. The Labute approximate surface area is 78.8 Å². The zero-order valence-corrected chi connectivity index (χ0v) is 7.47. The molecule has 0 spiro atoms. The SMILES string of the molecule is Cc1cc(-c2n[nH]c(=O)[nH]2)ccc1F. The molecule has 4 nitrogen and oxygen atoms in total. The molecule has 0 bridgehead atoms. The maximum absolute atomic E-state index is 12.9. The van der Waals surface area contributed by atoms with E-state index < -0.39 is 0 Å². The van der Waals surface area contributed by atoms with Gasteiger partial charge in [-0.1, -0.05) is 0 Å². The molecular weight excluding hydrogens is 185 g/mol. The molecule has 0 aliphatic carbocycles. The summed E-state index contributed by atoms with van der Waals surface area (Å²) in [5.74, 6) is 0.143. The van der Waals surface area contributed by atoms with Crippen molar-refractivity contribution in [1.29, 1.82) is 0 Å². The number of hydrogen-bond donors (Lipinski definition) is 2. The molecular formula is C9H8FN3O. The maximum Gasteiger partial charge on any atom is 0.340 e. The number of rotatable bonds is 1. The van der Waals surface area contributed by atoms with Gasteiger partial charge in [-0.25, -0.2) is 14.3 Å². The fourth-order valence-corrected chi connectivity index (χ4v) is 1.20. The van der Waals surface area contributed by atoms with Crippen molar-refractivity contribution in [2.75, 3.05) is 0 Å². The lowest BCUT2D eigenvalue weighted by Gasteiger charge is -1.98. The highest BCUT2D eigenvalue weighted by molar-refractivity contribution is 5.55. The van der Waals surface area contributed by atoms with E-state index in [1.54, 1.807) is 19.1 Å². The number of aryl methyl sites for hydroxylation is 1. The first kappa shape index (κ1) is 8.68. The van der Waals surface area contributed by atoms with Gasteiger partial charge < -0.3 is 0 Å². The second-order valence-electron chi connectivity index (χ2n) is 2.99. The minimum absolute atomic E-state index is 0.272. The van der Waals surface area contributed by atoms with Crippen molar-refractivity contribution >= 4 is 0 Å². The third-order valence-electron chi connectivity index (χ3n) is 1.93. The lowest BCUT2D eigenvalue weighted by Crippen LogP contribution is -2.00. The van der Waals surface area contributed by atoms with Gasteiger partial charge in [0.2, 0.25) is 0 Å². The average Bonchev–Trinajstić information content (AvgIpc) is 2.57. The first-order valence-corrected chi connectivity index (χ1v) is 4.08. The minimum atomic E-state index is -0.373. The number of nitrogens with zero attached hydrogens (tertiary/aromatic N) is 1. The third-order valence-corrected chi connectivity index (χ3v) is 1.93. The lowest BCUT2D eigenvalue weighted by molar-refractivity contribution is 0.618. The Bertz CT molecular complexity index is 515. The summed E-state index contributed by atoms with van der Waals surface area (Å²) in [7, 11) is 0. The topological polar surface area (TPSA) is 61.5 Å². The Balaban J connectivity index is 2.52. The van der Waals surface area contributed by atoms with Gasteiger partial charge in [0, 0.05) is 5.56 Å². The second kappa shape index (κ2) is 3.10. The van der Waals surface area contributed by atoms with Crippen LogP contribution < -0.4 is 5.69 Å². The summed E-state index contributed by atoms with van der Waals surface area (Å²) in [6.45, 7) is 1.66. The quantitative estimate of drug-likeness (QED) is 0.715. The summed E-state index contributed by atoms with van der Waals surface area (Å²) < 4.78 is 12.9. The van der Waals surface area contributed by atoms with Crippen molar-refractivity contribution in [2.24, 2.45) is 0 Å². The van der Waals surface area contributed by atoms with E-state index in [9.17, 15) is 9.18 Å². The largest absolute Gasteiger partial charge is 0.340 e. The van der Waals surface area contributed by atoms with Crippen LogP contribution in [0.3, 0.4) is 0 Å². The van der Waals surface area contributed by atoms with Crippen LogP contribution in [0.2, 0.25) is 0 Å². The number of hydrogen-bond acceptors (Lipinski definition) is 2. The van der Waals surface area contributed by atoms with Crippen LogP contribution in [-0.4, -0.2) is 15.2 Å². The van der Waals surface area contributed by atoms with Gasteiger partial charge in [0.05, 0.1) is 0 Å². The van der Waals surface area contributed by atoms with Crippen LogP contribution in [-0.2, 0) is 0 Å². The Morgan fingerprint density at radius 1 is 1.43 bits per heavy atom. The highest BCUT2D eigenvalue weighted by Crippen LogP contribution is 2.16. The highest BCUT2D eigenvalue weighted by atomic mass is 19.1. The van der Waals surface area contributed by atoms with Gasteiger partial charge in [0.1, 0.15) is 5.82 Å². The minimum Gasteiger partial charge on any atom is -0.289 e. The van der Waals surface area contributed by atoms with Crippen molar-refractivity contribution in [3.05, 3.63) is 40.1 Å². The van der Waals surface area contributed by atoms with E-state index in [-0.39, 0.29) is 11.5 Å². The van der Waals surface area contributed by atoms with E-state index in [0.717, 1.165) is 0 Å². The lowest BCUT2D eigenvalue weighted by atomic mass is 10.1. The summed E-state index contributed by atoms with van der Waals surface area (Å²) in [6, 6.07) is 4.54. The summed E-state index contributed by atoms with van der Waals surface area (Å²) in [5.41, 5.74) is 0.829. The molecule has 0 aliphatic rings. The first-order chi connectivity index (χ1) is 6.66. The van der Waals surface area contributed by atoms with Gasteiger partial charge in [-0.2, -0.15) is 5.10 Å². The molecule has 0 saturated carbocycles. The first-order valence-electron chi connectivity index (χ1n) is 4.08. The van der Waals surface area contributed by atoms with Gasteiger partial charge in [-0.3, -0.25) is 4.98 Å². The van der Waals surface area contributed by atoms with Crippen molar-refractivity contribution in [2.45, 2.75) is 6.92 Å². The molecule has 0 unspecified atom stereocenters. The molecule has 0 atom stereocenters. The molecule has 2 rings (SSSR count). The standard InChI is InChI=1S/C9H8FN3O/c1-5-4-6(2-3-7(5)10)8-11-9(14)13-12-8/h2-4H,1H3,(H2,11,12,13,14). The highest BCUT2D eigenvalue weighted by Gasteiger charge is 2.04. The van der Waals surface area contributed by atoms with Crippen molar-refractivity contribution in [1.82, 2.24) is 15.2 Å². The molecule has 0 aliphatic heterocycles. The molecule has 14 heavy (non-hydrogen) atoms. The third kappa shape index (κ3) is 1.44. The Hall–Kier alpha value is -1.91. The molecule has 1 aromatic heterocycles. The molecule has 0 saturated heterocycles. The fraction of sp³-hybridized carbons (Fsp3) is 0.111. The van der Waals surface area contributed by atoms with Gasteiger partial charge in [0.25, 0.3) is 0 Å². The van der Waals surface area contributed by atoms with E-state index in [1.807, 2.05) is 0 Å². The fourth-order valence-electron chi connectivity index (χ4n) is 1.20. The molecule has 1 aromatic carbocycles. The van der Waals surface area contributed by atoms with Crippen molar-refractivity contribution in [3.63, 3.8) is 0 Å². The number of aromatic amines is 2. The van der Waals surface area contributed by atoms with Crippen LogP contribution in [0.25, 0.3) is 11.4 Å². The summed E-state index contributed by atoms with van der Waals surface area (Å²) in [5, 5.41) is 5.99. The van der Waals surface area contributed by atoms with Gasteiger partial charge >= 0.3 is 5.69 Å².